The van der Waals surface area contributed by atoms with Crippen molar-refractivity contribution in [3.63, 3.8) is 0 Å². The molecule has 7 heteroatoms. The highest BCUT2D eigenvalue weighted by Gasteiger charge is 2.28. The van der Waals surface area contributed by atoms with Crippen LogP contribution in [0.15, 0.2) is 42.9 Å². The molecule has 2 unspecified atom stereocenters. The maximum atomic E-state index is 12.4. The second kappa shape index (κ2) is 8.44. The predicted octanol–water partition coefficient (Wildman–Crippen LogP) is 2.46. The van der Waals surface area contributed by atoms with Crippen molar-refractivity contribution in [2.45, 2.75) is 31.8 Å². The van der Waals surface area contributed by atoms with Gasteiger partial charge in [-0.05, 0) is 31.4 Å². The van der Waals surface area contributed by atoms with Crippen LogP contribution in [0.25, 0.3) is 0 Å². The average Bonchev–Trinajstić information content (AvgIpc) is 3.38. The van der Waals surface area contributed by atoms with Crippen LogP contribution in [0.3, 0.4) is 0 Å². The Morgan fingerprint density at radius 2 is 2.07 bits per heavy atom. The van der Waals surface area contributed by atoms with E-state index >= 15 is 0 Å². The molecule has 2 aliphatic heterocycles. The molecule has 1 N–H and O–H groups in total. The number of hydrogen-bond acceptors (Lipinski definition) is 5. The minimum Gasteiger partial charge on any atom is -0.331 e. The summed E-state index contributed by atoms with van der Waals surface area (Å²) in [6.07, 6.45) is 8.86. The Balaban J connectivity index is 1.33. The number of aromatic nitrogens is 2. The SMILES string of the molecule is N#CN1CCC(C(=O)Nc2cn(C3CCCN(Cc4ccccc4)C3)cn2)C1. The largest absolute Gasteiger partial charge is 0.331 e. The third-order valence-electron chi connectivity index (χ3n) is 5.70. The molecule has 0 bridgehead atoms. The number of nitriles is 1. The molecular weight excluding hydrogens is 352 g/mol. The third-order valence-corrected chi connectivity index (χ3v) is 5.70. The second-order valence-corrected chi connectivity index (χ2v) is 7.74. The van der Waals surface area contributed by atoms with Crippen molar-refractivity contribution in [3.05, 3.63) is 48.4 Å². The van der Waals surface area contributed by atoms with Crippen LogP contribution in [0.1, 0.15) is 30.9 Å². The number of nitrogens with one attached hydrogen (secondary N) is 1. The highest BCUT2D eigenvalue weighted by Crippen LogP contribution is 2.24. The molecule has 4 rings (SSSR count). The normalized spacial score (nSPS) is 22.8. The molecule has 7 nitrogen and oxygen atoms in total. The Morgan fingerprint density at radius 3 is 2.86 bits per heavy atom. The number of benzene rings is 1. The molecule has 0 saturated carbocycles. The van der Waals surface area contributed by atoms with Gasteiger partial charge >= 0.3 is 0 Å². The van der Waals surface area contributed by atoms with E-state index in [0.717, 1.165) is 38.9 Å². The van der Waals surface area contributed by atoms with E-state index in [0.29, 0.717) is 24.9 Å². The fourth-order valence-corrected chi connectivity index (χ4v) is 4.15. The Kier molecular flexibility index (Phi) is 5.58. The van der Waals surface area contributed by atoms with Gasteiger partial charge in [-0.2, -0.15) is 5.26 Å². The zero-order chi connectivity index (χ0) is 19.3. The summed E-state index contributed by atoms with van der Waals surface area (Å²) < 4.78 is 2.13. The smallest absolute Gasteiger partial charge is 0.230 e. The third kappa shape index (κ3) is 4.34. The average molecular weight is 378 g/mol. The highest BCUT2D eigenvalue weighted by atomic mass is 16.2. The molecule has 2 aliphatic rings. The number of hydrogen-bond donors (Lipinski definition) is 1. The molecule has 0 spiro atoms. The van der Waals surface area contributed by atoms with E-state index in [1.165, 1.54) is 5.56 Å². The molecule has 2 aromatic rings. The number of likely N-dealkylation sites (tertiary alicyclic amines) is 2. The number of carbonyl (C=O) groups is 1. The van der Waals surface area contributed by atoms with Gasteiger partial charge in [0.15, 0.2) is 12.0 Å². The Bertz CT molecular complexity index is 842. The number of piperidine rings is 1. The first kappa shape index (κ1) is 18.5. The second-order valence-electron chi connectivity index (χ2n) is 7.74. The molecule has 0 aliphatic carbocycles. The first-order valence-electron chi connectivity index (χ1n) is 9.96. The Labute approximate surface area is 165 Å². The van der Waals surface area contributed by atoms with Gasteiger partial charge in [-0.3, -0.25) is 9.69 Å². The van der Waals surface area contributed by atoms with Crippen LogP contribution in [0.2, 0.25) is 0 Å². The summed E-state index contributed by atoms with van der Waals surface area (Å²) >= 11 is 0. The van der Waals surface area contributed by atoms with Crippen LogP contribution in [0.4, 0.5) is 5.82 Å². The van der Waals surface area contributed by atoms with Crippen LogP contribution in [0, 0.1) is 17.4 Å². The number of rotatable bonds is 5. The molecule has 3 heterocycles. The van der Waals surface area contributed by atoms with E-state index in [1.54, 1.807) is 4.90 Å². The van der Waals surface area contributed by atoms with Gasteiger partial charge < -0.3 is 14.8 Å². The van der Waals surface area contributed by atoms with Gasteiger partial charge in [0.1, 0.15) is 0 Å². The maximum absolute atomic E-state index is 12.4. The highest BCUT2D eigenvalue weighted by molar-refractivity contribution is 5.91. The fourth-order valence-electron chi connectivity index (χ4n) is 4.15. The van der Waals surface area contributed by atoms with Crippen LogP contribution in [-0.2, 0) is 11.3 Å². The summed E-state index contributed by atoms with van der Waals surface area (Å²) in [5, 5.41) is 11.9. The topological polar surface area (TPSA) is 77.2 Å². The number of imidazole rings is 1. The number of anilines is 1. The van der Waals surface area contributed by atoms with Crippen molar-refractivity contribution in [2.75, 3.05) is 31.5 Å². The molecule has 2 fully saturated rings. The summed E-state index contributed by atoms with van der Waals surface area (Å²) in [7, 11) is 0. The number of amides is 1. The molecule has 2 saturated heterocycles. The van der Waals surface area contributed by atoms with Gasteiger partial charge in [0.2, 0.25) is 5.91 Å². The van der Waals surface area contributed by atoms with E-state index < -0.39 is 0 Å². The van der Waals surface area contributed by atoms with Gasteiger partial charge in [0.25, 0.3) is 0 Å². The molecule has 1 aromatic heterocycles. The van der Waals surface area contributed by atoms with Crippen LogP contribution in [0.5, 0.6) is 0 Å². The maximum Gasteiger partial charge on any atom is 0.230 e. The van der Waals surface area contributed by atoms with Gasteiger partial charge in [-0.25, -0.2) is 4.98 Å². The summed E-state index contributed by atoms with van der Waals surface area (Å²) in [6, 6.07) is 10.9. The fraction of sp³-hybridized carbons (Fsp3) is 0.476. The van der Waals surface area contributed by atoms with Gasteiger partial charge in [-0.15, -0.1) is 0 Å². The molecular formula is C21H26N6O. The molecule has 2 atom stereocenters. The number of carbonyl (C=O) groups excluding carboxylic acids is 1. The summed E-state index contributed by atoms with van der Waals surface area (Å²) in [4.78, 5) is 20.9. The molecule has 1 amide bonds. The van der Waals surface area contributed by atoms with Gasteiger partial charge in [0, 0.05) is 38.4 Å². The summed E-state index contributed by atoms with van der Waals surface area (Å²) in [5.74, 6) is 0.416. The van der Waals surface area contributed by atoms with E-state index in [2.05, 4.69) is 50.2 Å². The van der Waals surface area contributed by atoms with E-state index in [1.807, 2.05) is 18.6 Å². The van der Waals surface area contributed by atoms with Crippen LogP contribution >= 0.6 is 0 Å². The van der Waals surface area contributed by atoms with Crippen molar-refractivity contribution in [2.24, 2.45) is 5.92 Å². The first-order valence-corrected chi connectivity index (χ1v) is 9.96. The van der Waals surface area contributed by atoms with E-state index in [-0.39, 0.29) is 11.8 Å². The lowest BCUT2D eigenvalue weighted by atomic mass is 10.0. The minimum absolute atomic E-state index is 0.0441. The summed E-state index contributed by atoms with van der Waals surface area (Å²) in [6.45, 7) is 4.22. The van der Waals surface area contributed by atoms with Crippen LogP contribution in [-0.4, -0.2) is 51.4 Å². The van der Waals surface area contributed by atoms with Gasteiger partial charge in [-0.1, -0.05) is 30.3 Å². The zero-order valence-corrected chi connectivity index (χ0v) is 16.0. The quantitative estimate of drug-likeness (QED) is 0.809. The van der Waals surface area contributed by atoms with Crippen molar-refractivity contribution in [3.8, 4) is 6.19 Å². The lowest BCUT2D eigenvalue weighted by Crippen LogP contribution is -2.35. The Morgan fingerprint density at radius 1 is 1.21 bits per heavy atom. The monoisotopic (exact) mass is 378 g/mol. The van der Waals surface area contributed by atoms with Crippen LogP contribution < -0.4 is 5.32 Å². The molecule has 1 aromatic carbocycles. The van der Waals surface area contributed by atoms with E-state index in [4.69, 9.17) is 5.26 Å². The standard InChI is InChI=1S/C21H26N6O/c22-15-26-10-8-18(12-26)21(28)24-20-14-27(16-23-20)19-7-4-9-25(13-19)11-17-5-2-1-3-6-17/h1-3,5-6,14,16,18-19H,4,7-13H2,(H,24,28). The summed E-state index contributed by atoms with van der Waals surface area (Å²) in [5.41, 5.74) is 1.34. The Hall–Kier alpha value is -2.85. The van der Waals surface area contributed by atoms with Crippen molar-refractivity contribution >= 4 is 11.7 Å². The molecule has 0 radical (unpaired) electrons. The van der Waals surface area contributed by atoms with Crippen molar-refractivity contribution < 1.29 is 4.79 Å². The predicted molar refractivity (Wildman–Crippen MR) is 106 cm³/mol. The van der Waals surface area contributed by atoms with Crippen molar-refractivity contribution in [1.29, 1.82) is 5.26 Å². The zero-order valence-electron chi connectivity index (χ0n) is 16.0. The minimum atomic E-state index is -0.138. The molecule has 28 heavy (non-hydrogen) atoms. The lowest BCUT2D eigenvalue weighted by Gasteiger charge is -2.33. The lowest BCUT2D eigenvalue weighted by molar-refractivity contribution is -0.119. The van der Waals surface area contributed by atoms with Gasteiger partial charge in [0.05, 0.1) is 12.2 Å². The first-order chi connectivity index (χ1) is 13.7. The molecule has 146 valence electrons. The van der Waals surface area contributed by atoms with Crippen molar-refractivity contribution in [1.82, 2.24) is 19.4 Å². The van der Waals surface area contributed by atoms with E-state index in [9.17, 15) is 4.79 Å². The number of nitrogens with zero attached hydrogens (tertiary/aromatic N) is 5.